The topological polar surface area (TPSA) is 96.6 Å². The molecule has 11 heteroatoms. The van der Waals surface area contributed by atoms with E-state index in [9.17, 15) is 19.1 Å². The van der Waals surface area contributed by atoms with Gasteiger partial charge < -0.3 is 15.0 Å². The number of hydrogen-bond acceptors (Lipinski definition) is 5. The monoisotopic (exact) mass is 680 g/mol. The Morgan fingerprint density at radius 1 is 0.929 bits per heavy atom. The molecule has 2 heterocycles. The molecular formula is C31H20F3IN4O3. The van der Waals surface area contributed by atoms with E-state index in [0.717, 1.165) is 16.8 Å². The number of carboxylic acid groups (broad SMARTS) is 1. The molecule has 0 fully saturated rings. The summed E-state index contributed by atoms with van der Waals surface area (Å²) in [6.07, 6.45) is 2.17. The number of anilines is 2. The van der Waals surface area contributed by atoms with Crippen molar-refractivity contribution in [2.24, 2.45) is 4.99 Å². The van der Waals surface area contributed by atoms with Crippen molar-refractivity contribution in [2.75, 3.05) is 5.32 Å². The largest absolute Gasteiger partial charge is 0.478 e. The van der Waals surface area contributed by atoms with E-state index >= 15 is 8.78 Å². The van der Waals surface area contributed by atoms with Crippen LogP contribution in [0.4, 0.5) is 30.4 Å². The van der Waals surface area contributed by atoms with Crippen LogP contribution in [0.5, 0.6) is 0 Å². The minimum absolute atomic E-state index is 0.0774. The number of hydrogen-bond donors (Lipinski definition) is 2. The smallest absolute Gasteiger partial charge is 0.339 e. The van der Waals surface area contributed by atoms with Crippen LogP contribution in [0.1, 0.15) is 27.0 Å². The fourth-order valence-corrected chi connectivity index (χ4v) is 4.66. The van der Waals surface area contributed by atoms with Gasteiger partial charge in [0.25, 0.3) is 5.56 Å². The van der Waals surface area contributed by atoms with Gasteiger partial charge in [0.2, 0.25) is 5.82 Å². The molecule has 2 aromatic heterocycles. The molecule has 0 bridgehead atoms. The van der Waals surface area contributed by atoms with Gasteiger partial charge in [0, 0.05) is 32.7 Å². The molecule has 0 saturated heterocycles. The standard InChI is InChI=1S/C31H20F3IN4O3/c32-23-15-21(35)11-12-24(23)37-28-22(31(41)42)17-39(30(40)26(28)34)16-20-13-14-36-29(25(20)33)38-27(18-7-3-1-4-8-18)19-9-5-2-6-10-19/h1-15,17,37H,16H2,(H,41,42). The molecular weight excluding hydrogens is 660 g/mol. The van der Waals surface area contributed by atoms with Crippen LogP contribution in [0, 0.1) is 21.0 Å². The van der Waals surface area contributed by atoms with Crippen LogP contribution in [0.2, 0.25) is 0 Å². The Morgan fingerprint density at radius 2 is 1.57 bits per heavy atom. The molecule has 7 nitrogen and oxygen atoms in total. The first kappa shape index (κ1) is 28.7. The van der Waals surface area contributed by atoms with Crippen molar-refractivity contribution < 1.29 is 23.1 Å². The fourth-order valence-electron chi connectivity index (χ4n) is 4.21. The van der Waals surface area contributed by atoms with E-state index in [0.29, 0.717) is 20.4 Å². The van der Waals surface area contributed by atoms with Crippen molar-refractivity contribution in [1.82, 2.24) is 9.55 Å². The number of aromatic carboxylic acids is 1. The second-order valence-electron chi connectivity index (χ2n) is 9.02. The van der Waals surface area contributed by atoms with E-state index in [1.807, 2.05) is 83.3 Å². The number of nitrogens with one attached hydrogen (secondary N) is 1. The summed E-state index contributed by atoms with van der Waals surface area (Å²) in [5.74, 6) is -4.94. The maximum atomic E-state index is 15.7. The molecule has 0 saturated carbocycles. The molecule has 0 atom stereocenters. The molecule has 0 spiro atoms. The van der Waals surface area contributed by atoms with Gasteiger partial charge in [0.05, 0.1) is 23.6 Å². The molecule has 0 aliphatic heterocycles. The number of carbonyl (C=O) groups is 1. The van der Waals surface area contributed by atoms with Gasteiger partial charge in [-0.15, -0.1) is 0 Å². The number of aliphatic imine (C=N–C) groups is 1. The van der Waals surface area contributed by atoms with Gasteiger partial charge in [0.1, 0.15) is 11.4 Å². The van der Waals surface area contributed by atoms with Crippen molar-refractivity contribution in [3.05, 3.63) is 151 Å². The normalized spacial score (nSPS) is 10.8. The zero-order valence-corrected chi connectivity index (χ0v) is 23.7. The third-order valence-electron chi connectivity index (χ3n) is 6.25. The molecule has 5 aromatic rings. The van der Waals surface area contributed by atoms with E-state index < -0.39 is 46.8 Å². The van der Waals surface area contributed by atoms with Crippen LogP contribution >= 0.6 is 22.6 Å². The van der Waals surface area contributed by atoms with Crippen molar-refractivity contribution in [3.63, 3.8) is 0 Å². The van der Waals surface area contributed by atoms with Gasteiger partial charge >= 0.3 is 5.97 Å². The SMILES string of the molecule is O=C(O)c1cn(Cc2ccnc(N=C(c3ccccc3)c3ccccc3)c2F)c(=O)c(F)c1Nc1ccc(I)cc1F. The molecule has 5 rings (SSSR count). The second kappa shape index (κ2) is 12.4. The molecule has 2 N–H and O–H groups in total. The molecule has 0 unspecified atom stereocenters. The Hall–Kier alpha value is -4.78. The summed E-state index contributed by atoms with van der Waals surface area (Å²) in [4.78, 5) is 33.5. The second-order valence-corrected chi connectivity index (χ2v) is 10.3. The number of carboxylic acids is 1. The maximum absolute atomic E-state index is 15.7. The van der Waals surface area contributed by atoms with E-state index in [-0.39, 0.29) is 17.1 Å². The Kier molecular flexibility index (Phi) is 8.48. The summed E-state index contributed by atoms with van der Waals surface area (Å²) < 4.78 is 46.7. The number of benzene rings is 3. The number of nitrogens with zero attached hydrogens (tertiary/aromatic N) is 3. The third kappa shape index (κ3) is 6.10. The summed E-state index contributed by atoms with van der Waals surface area (Å²) in [5, 5.41) is 12.1. The summed E-state index contributed by atoms with van der Waals surface area (Å²) in [5.41, 5.74) is -0.998. The van der Waals surface area contributed by atoms with Crippen LogP contribution in [-0.2, 0) is 6.54 Å². The predicted octanol–water partition coefficient (Wildman–Crippen LogP) is 6.92. The highest BCUT2D eigenvalue weighted by atomic mass is 127. The first-order valence-electron chi connectivity index (χ1n) is 12.4. The molecule has 42 heavy (non-hydrogen) atoms. The minimum atomic E-state index is -1.58. The Bertz CT molecular complexity index is 1840. The van der Waals surface area contributed by atoms with Crippen LogP contribution < -0.4 is 10.9 Å². The summed E-state index contributed by atoms with van der Waals surface area (Å²) in [6, 6.07) is 23.5. The first-order valence-corrected chi connectivity index (χ1v) is 13.5. The lowest BCUT2D eigenvalue weighted by molar-refractivity contribution is 0.0696. The molecule has 0 aliphatic carbocycles. The van der Waals surface area contributed by atoms with Crippen molar-refractivity contribution in [3.8, 4) is 0 Å². The lowest BCUT2D eigenvalue weighted by Crippen LogP contribution is -2.27. The van der Waals surface area contributed by atoms with Crippen LogP contribution in [0.25, 0.3) is 0 Å². The van der Waals surface area contributed by atoms with E-state index in [4.69, 9.17) is 0 Å². The van der Waals surface area contributed by atoms with E-state index in [1.54, 1.807) is 0 Å². The van der Waals surface area contributed by atoms with Gasteiger partial charge in [-0.05, 0) is 46.9 Å². The van der Waals surface area contributed by atoms with Gasteiger partial charge in [-0.1, -0.05) is 60.7 Å². The molecule has 0 aliphatic rings. The van der Waals surface area contributed by atoms with Crippen molar-refractivity contribution in [1.29, 1.82) is 0 Å². The Morgan fingerprint density at radius 3 is 2.17 bits per heavy atom. The predicted molar refractivity (Wildman–Crippen MR) is 161 cm³/mol. The lowest BCUT2D eigenvalue weighted by Gasteiger charge is -2.15. The highest BCUT2D eigenvalue weighted by Crippen LogP contribution is 2.27. The number of halogens is 4. The minimum Gasteiger partial charge on any atom is -0.478 e. The van der Waals surface area contributed by atoms with E-state index in [1.165, 1.54) is 24.4 Å². The van der Waals surface area contributed by atoms with Crippen molar-refractivity contribution in [2.45, 2.75) is 6.54 Å². The first-order chi connectivity index (χ1) is 20.2. The molecule has 0 radical (unpaired) electrons. The van der Waals surface area contributed by atoms with Gasteiger partial charge in [-0.3, -0.25) is 4.79 Å². The van der Waals surface area contributed by atoms with Crippen molar-refractivity contribution >= 4 is 51.5 Å². The van der Waals surface area contributed by atoms with E-state index in [2.05, 4.69) is 15.3 Å². The van der Waals surface area contributed by atoms with Crippen LogP contribution in [-0.4, -0.2) is 26.3 Å². The zero-order valence-electron chi connectivity index (χ0n) is 21.6. The number of pyridine rings is 2. The van der Waals surface area contributed by atoms with Gasteiger partial charge in [-0.2, -0.15) is 4.39 Å². The lowest BCUT2D eigenvalue weighted by atomic mass is 10.0. The molecule has 3 aromatic carbocycles. The Balaban J connectivity index is 1.55. The van der Waals surface area contributed by atoms with Crippen LogP contribution in [0.3, 0.4) is 0 Å². The molecule has 210 valence electrons. The number of aromatic nitrogens is 2. The average molecular weight is 680 g/mol. The zero-order chi connectivity index (χ0) is 29.8. The highest BCUT2D eigenvalue weighted by Gasteiger charge is 2.23. The average Bonchev–Trinajstić information content (AvgIpc) is 2.99. The maximum Gasteiger partial charge on any atom is 0.339 e. The van der Waals surface area contributed by atoms with Gasteiger partial charge in [0.15, 0.2) is 11.6 Å². The number of rotatable bonds is 8. The summed E-state index contributed by atoms with van der Waals surface area (Å²) >= 11 is 1.88. The van der Waals surface area contributed by atoms with Crippen LogP contribution in [0.15, 0.2) is 107 Å². The molecule has 0 amide bonds. The Labute approximate surface area is 251 Å². The highest BCUT2D eigenvalue weighted by molar-refractivity contribution is 14.1. The summed E-state index contributed by atoms with van der Waals surface area (Å²) in [7, 11) is 0. The quantitative estimate of drug-likeness (QED) is 0.137. The summed E-state index contributed by atoms with van der Waals surface area (Å²) in [6.45, 7) is -0.517. The van der Waals surface area contributed by atoms with Gasteiger partial charge in [-0.25, -0.2) is 23.6 Å². The third-order valence-corrected chi connectivity index (χ3v) is 6.92. The fraction of sp³-hybridized carbons (Fsp3) is 0.0323.